The lowest BCUT2D eigenvalue weighted by molar-refractivity contribution is 0.0689. The maximum atomic E-state index is 10.9. The van der Waals surface area contributed by atoms with Crippen LogP contribution < -0.4 is 9.47 Å². The second kappa shape index (κ2) is 7.44. The van der Waals surface area contributed by atoms with Crippen LogP contribution in [0.4, 0.5) is 0 Å². The number of carboxylic acids is 1. The van der Waals surface area contributed by atoms with Crippen LogP contribution in [-0.2, 0) is 6.54 Å². The second-order valence-electron chi connectivity index (χ2n) is 4.66. The molecule has 118 valence electrons. The Labute approximate surface area is 128 Å². The fraction of sp³-hybridized carbons (Fsp3) is 0.400. The minimum Gasteiger partial charge on any atom is -0.494 e. The van der Waals surface area contributed by atoms with E-state index in [1.807, 2.05) is 31.2 Å². The smallest absolute Gasteiger partial charge is 0.358 e. The predicted octanol–water partition coefficient (Wildman–Crippen LogP) is 2.15. The number of aromatic nitrogens is 3. The highest BCUT2D eigenvalue weighted by Crippen LogP contribution is 2.19. The molecule has 0 spiro atoms. The number of aromatic carboxylic acids is 1. The molecule has 0 amide bonds. The molecule has 22 heavy (non-hydrogen) atoms. The van der Waals surface area contributed by atoms with Gasteiger partial charge in [-0.1, -0.05) is 11.3 Å². The summed E-state index contributed by atoms with van der Waals surface area (Å²) in [5.74, 6) is 0.457. The molecule has 2 aromatic rings. The molecular weight excluding hydrogens is 286 g/mol. The number of benzene rings is 1. The molecule has 0 atom stereocenters. The van der Waals surface area contributed by atoms with Gasteiger partial charge in [0.2, 0.25) is 0 Å². The molecule has 0 bridgehead atoms. The number of nitrogens with zero attached hydrogens (tertiary/aromatic N) is 3. The van der Waals surface area contributed by atoms with E-state index in [0.29, 0.717) is 31.9 Å². The van der Waals surface area contributed by atoms with E-state index in [1.54, 1.807) is 11.6 Å². The molecule has 0 aliphatic rings. The number of rotatable bonds is 8. The Hall–Kier alpha value is -2.57. The van der Waals surface area contributed by atoms with Crippen molar-refractivity contribution in [3.63, 3.8) is 0 Å². The van der Waals surface area contributed by atoms with Crippen molar-refractivity contribution in [1.29, 1.82) is 0 Å². The summed E-state index contributed by atoms with van der Waals surface area (Å²) in [6, 6.07) is 7.46. The lowest BCUT2D eigenvalue weighted by Gasteiger charge is -2.09. The summed E-state index contributed by atoms with van der Waals surface area (Å²) < 4.78 is 12.6. The summed E-state index contributed by atoms with van der Waals surface area (Å²) in [4.78, 5) is 10.9. The molecule has 0 radical (unpaired) electrons. The van der Waals surface area contributed by atoms with Crippen molar-refractivity contribution < 1.29 is 19.4 Å². The van der Waals surface area contributed by atoms with Crippen LogP contribution in [0.2, 0.25) is 0 Å². The van der Waals surface area contributed by atoms with Gasteiger partial charge in [0.25, 0.3) is 0 Å². The van der Waals surface area contributed by atoms with Gasteiger partial charge < -0.3 is 14.6 Å². The standard InChI is InChI=1S/C15H19N3O4/c1-3-21-12-6-4-7-13(10-12)22-9-5-8-18-11(2)14(15(19)20)16-17-18/h4,6-7,10H,3,5,8-9H2,1-2H3,(H,19,20). The molecule has 2 rings (SSSR count). The molecule has 1 heterocycles. The van der Waals surface area contributed by atoms with E-state index in [0.717, 1.165) is 11.5 Å². The topological polar surface area (TPSA) is 86.5 Å². The van der Waals surface area contributed by atoms with Crippen molar-refractivity contribution in [3.05, 3.63) is 35.7 Å². The largest absolute Gasteiger partial charge is 0.494 e. The second-order valence-corrected chi connectivity index (χ2v) is 4.66. The molecular formula is C15H19N3O4. The number of hydrogen-bond donors (Lipinski definition) is 1. The van der Waals surface area contributed by atoms with Crippen LogP contribution in [0.25, 0.3) is 0 Å². The van der Waals surface area contributed by atoms with Gasteiger partial charge in [0.15, 0.2) is 5.69 Å². The quantitative estimate of drug-likeness (QED) is 0.752. The van der Waals surface area contributed by atoms with E-state index in [1.165, 1.54) is 0 Å². The van der Waals surface area contributed by atoms with E-state index >= 15 is 0 Å². The third-order valence-corrected chi connectivity index (χ3v) is 3.08. The average Bonchev–Trinajstić information content (AvgIpc) is 2.86. The number of ether oxygens (including phenoxy) is 2. The maximum Gasteiger partial charge on any atom is 0.358 e. The molecule has 7 nitrogen and oxygen atoms in total. The Morgan fingerprint density at radius 1 is 1.32 bits per heavy atom. The predicted molar refractivity (Wildman–Crippen MR) is 79.4 cm³/mol. The van der Waals surface area contributed by atoms with Gasteiger partial charge in [-0.2, -0.15) is 0 Å². The molecule has 7 heteroatoms. The SMILES string of the molecule is CCOc1cccc(OCCCn2nnc(C(=O)O)c2C)c1. The molecule has 1 aromatic carbocycles. The summed E-state index contributed by atoms with van der Waals surface area (Å²) in [6.07, 6.45) is 0.697. The van der Waals surface area contributed by atoms with Crippen LogP contribution >= 0.6 is 0 Å². The fourth-order valence-electron chi connectivity index (χ4n) is 2.00. The van der Waals surface area contributed by atoms with Crippen LogP contribution in [0.5, 0.6) is 11.5 Å². The Morgan fingerprint density at radius 3 is 2.68 bits per heavy atom. The van der Waals surface area contributed by atoms with Gasteiger partial charge in [-0.25, -0.2) is 9.48 Å². The van der Waals surface area contributed by atoms with Crippen molar-refractivity contribution in [1.82, 2.24) is 15.0 Å². The van der Waals surface area contributed by atoms with E-state index < -0.39 is 5.97 Å². The summed E-state index contributed by atoms with van der Waals surface area (Å²) in [6.45, 7) is 5.28. The van der Waals surface area contributed by atoms with Crippen molar-refractivity contribution in [2.24, 2.45) is 0 Å². The van der Waals surface area contributed by atoms with Crippen molar-refractivity contribution in [2.45, 2.75) is 26.8 Å². The van der Waals surface area contributed by atoms with Gasteiger partial charge in [0.05, 0.1) is 18.9 Å². The Balaban J connectivity index is 1.82. The van der Waals surface area contributed by atoms with Crippen molar-refractivity contribution in [2.75, 3.05) is 13.2 Å². The number of aryl methyl sites for hydroxylation is 1. The first-order chi connectivity index (χ1) is 10.6. The van der Waals surface area contributed by atoms with Gasteiger partial charge in [0.1, 0.15) is 11.5 Å². The highest BCUT2D eigenvalue weighted by atomic mass is 16.5. The zero-order chi connectivity index (χ0) is 15.9. The van der Waals surface area contributed by atoms with E-state index in [9.17, 15) is 4.79 Å². The highest BCUT2D eigenvalue weighted by molar-refractivity contribution is 5.86. The van der Waals surface area contributed by atoms with Crippen molar-refractivity contribution >= 4 is 5.97 Å². The normalized spacial score (nSPS) is 10.5. The highest BCUT2D eigenvalue weighted by Gasteiger charge is 2.14. The average molecular weight is 305 g/mol. The van der Waals surface area contributed by atoms with Crippen molar-refractivity contribution in [3.8, 4) is 11.5 Å². The maximum absolute atomic E-state index is 10.9. The molecule has 0 saturated carbocycles. The van der Waals surface area contributed by atoms with Gasteiger partial charge in [-0.15, -0.1) is 5.10 Å². The first kappa shape index (κ1) is 15.8. The zero-order valence-corrected chi connectivity index (χ0v) is 12.7. The number of hydrogen-bond acceptors (Lipinski definition) is 5. The van der Waals surface area contributed by atoms with Gasteiger partial charge in [0, 0.05) is 19.0 Å². The number of carboxylic acid groups (broad SMARTS) is 1. The third-order valence-electron chi connectivity index (χ3n) is 3.08. The summed E-state index contributed by atoms with van der Waals surface area (Å²) >= 11 is 0. The minimum absolute atomic E-state index is 0.00895. The molecule has 0 fully saturated rings. The Bertz CT molecular complexity index is 639. The molecule has 0 aliphatic carbocycles. The summed E-state index contributed by atoms with van der Waals surface area (Å²) in [7, 11) is 0. The summed E-state index contributed by atoms with van der Waals surface area (Å²) in [5, 5.41) is 16.4. The van der Waals surface area contributed by atoms with E-state index in [2.05, 4.69) is 10.3 Å². The first-order valence-electron chi connectivity index (χ1n) is 7.11. The molecule has 1 N–H and O–H groups in total. The first-order valence-corrected chi connectivity index (χ1v) is 7.11. The van der Waals surface area contributed by atoms with Crippen LogP contribution in [0.15, 0.2) is 24.3 Å². The zero-order valence-electron chi connectivity index (χ0n) is 12.7. The van der Waals surface area contributed by atoms with E-state index in [-0.39, 0.29) is 5.69 Å². The monoisotopic (exact) mass is 305 g/mol. The number of carbonyl (C=O) groups is 1. The summed E-state index contributed by atoms with van der Waals surface area (Å²) in [5.41, 5.74) is 0.538. The van der Waals surface area contributed by atoms with Crippen LogP contribution in [0.3, 0.4) is 0 Å². The third kappa shape index (κ3) is 3.97. The molecule has 0 unspecified atom stereocenters. The Kier molecular flexibility index (Phi) is 5.35. The van der Waals surface area contributed by atoms with Gasteiger partial charge in [-0.3, -0.25) is 0 Å². The lowest BCUT2D eigenvalue weighted by Crippen LogP contribution is -2.08. The lowest BCUT2D eigenvalue weighted by atomic mass is 10.3. The minimum atomic E-state index is -1.06. The molecule has 1 aromatic heterocycles. The van der Waals surface area contributed by atoms with Crippen LogP contribution in [-0.4, -0.2) is 39.3 Å². The van der Waals surface area contributed by atoms with Gasteiger partial charge >= 0.3 is 5.97 Å². The van der Waals surface area contributed by atoms with Gasteiger partial charge in [-0.05, 0) is 26.0 Å². The molecule has 0 aliphatic heterocycles. The molecule has 0 saturated heterocycles. The fourth-order valence-corrected chi connectivity index (χ4v) is 2.00. The van der Waals surface area contributed by atoms with E-state index in [4.69, 9.17) is 14.6 Å². The Morgan fingerprint density at radius 2 is 2.05 bits per heavy atom. The van der Waals surface area contributed by atoms with Crippen LogP contribution in [0, 0.1) is 6.92 Å². The van der Waals surface area contributed by atoms with Crippen LogP contribution in [0.1, 0.15) is 29.5 Å².